The van der Waals surface area contributed by atoms with Gasteiger partial charge >= 0.3 is 5.69 Å². The largest absolute Gasteiger partial charge is 0.372 e. The van der Waals surface area contributed by atoms with Gasteiger partial charge in [-0.05, 0) is 88.2 Å². The van der Waals surface area contributed by atoms with Crippen molar-refractivity contribution >= 4 is 28.6 Å². The third kappa shape index (κ3) is 8.87. The number of nitrogens with zero attached hydrogens (tertiary/aromatic N) is 3. The Bertz CT molecular complexity index is 1600. The summed E-state index contributed by atoms with van der Waals surface area (Å²) in [4.78, 5) is 22.3. The van der Waals surface area contributed by atoms with Gasteiger partial charge in [-0.3, -0.25) is 9.98 Å². The highest BCUT2D eigenvalue weighted by atomic mass is 35.5. The molecule has 2 aromatic carbocycles. The summed E-state index contributed by atoms with van der Waals surface area (Å²) in [5.74, 6) is -0.590. The minimum absolute atomic E-state index is 0.0457. The van der Waals surface area contributed by atoms with Crippen LogP contribution in [0.4, 0.5) is 4.39 Å². The first-order valence-electron chi connectivity index (χ1n) is 14.3. The minimum atomic E-state index is -0.528. The average molecular weight is 611 g/mol. The number of fused-ring (bicyclic) bond motifs is 1. The Labute approximate surface area is 255 Å². The lowest BCUT2D eigenvalue weighted by molar-refractivity contribution is 0.0199. The third-order valence-corrected chi connectivity index (χ3v) is 7.34. The van der Waals surface area contributed by atoms with E-state index in [1.807, 2.05) is 50.2 Å². The van der Waals surface area contributed by atoms with Crippen molar-refractivity contribution in [3.05, 3.63) is 81.1 Å². The third-order valence-electron chi connectivity index (χ3n) is 7.06. The predicted octanol–water partition coefficient (Wildman–Crippen LogP) is 4.16. The molecule has 2 heterocycles. The van der Waals surface area contributed by atoms with Gasteiger partial charge < -0.3 is 31.4 Å². The Balaban J connectivity index is 1.51. The number of aromatic nitrogens is 3. The Morgan fingerprint density at radius 1 is 1.21 bits per heavy atom. The van der Waals surface area contributed by atoms with Crippen molar-refractivity contribution in [1.29, 1.82) is 5.41 Å². The van der Waals surface area contributed by atoms with Crippen molar-refractivity contribution < 1.29 is 9.13 Å². The second-order valence-electron chi connectivity index (χ2n) is 11.2. The Morgan fingerprint density at radius 3 is 2.63 bits per heavy atom. The number of aryl methyl sites for hydroxylation is 1. The van der Waals surface area contributed by atoms with Crippen molar-refractivity contribution in [3.8, 4) is 16.9 Å². The second-order valence-corrected chi connectivity index (χ2v) is 11.6. The number of H-pyrrole nitrogens is 1. The Hall–Kier alpha value is -3.77. The minimum Gasteiger partial charge on any atom is -0.372 e. The molecule has 2 atom stereocenters. The lowest BCUT2D eigenvalue weighted by Crippen LogP contribution is -2.35. The average Bonchev–Trinajstić information content (AvgIpc) is 3.35. The summed E-state index contributed by atoms with van der Waals surface area (Å²) in [6.07, 6.45) is 4.80. The molecule has 0 radical (unpaired) electrons. The number of hydrogen-bond acceptors (Lipinski definition) is 6. The fraction of sp³-hybridized carbons (Fsp3) is 0.387. The van der Waals surface area contributed by atoms with Crippen molar-refractivity contribution in [1.82, 2.24) is 24.8 Å². The van der Waals surface area contributed by atoms with Crippen LogP contribution < -0.4 is 22.5 Å². The van der Waals surface area contributed by atoms with E-state index in [1.165, 1.54) is 4.57 Å². The maximum Gasteiger partial charge on any atom is 0.354 e. The summed E-state index contributed by atoms with van der Waals surface area (Å²) in [5, 5.41) is 10.8. The van der Waals surface area contributed by atoms with Crippen molar-refractivity contribution in [2.45, 2.75) is 51.4 Å². The highest BCUT2D eigenvalue weighted by molar-refractivity contribution is 6.31. The number of nitrogens with one attached hydrogen (secondary N) is 3. The number of aromatic amines is 1. The summed E-state index contributed by atoms with van der Waals surface area (Å²) < 4.78 is 22.7. The van der Waals surface area contributed by atoms with Crippen LogP contribution in [-0.2, 0) is 17.8 Å². The van der Waals surface area contributed by atoms with Gasteiger partial charge in [0, 0.05) is 36.3 Å². The van der Waals surface area contributed by atoms with Crippen LogP contribution in [0.3, 0.4) is 0 Å². The highest BCUT2D eigenvalue weighted by Gasteiger charge is 2.16. The van der Waals surface area contributed by atoms with Gasteiger partial charge in [0.05, 0.1) is 29.1 Å². The lowest BCUT2D eigenvalue weighted by Gasteiger charge is -2.22. The first-order chi connectivity index (χ1) is 20.5. The maximum absolute atomic E-state index is 15.1. The lowest BCUT2D eigenvalue weighted by atomic mass is 10.0. The first-order valence-corrected chi connectivity index (χ1v) is 14.7. The van der Waals surface area contributed by atoms with E-state index in [1.54, 1.807) is 24.4 Å². The van der Waals surface area contributed by atoms with E-state index >= 15 is 4.39 Å². The van der Waals surface area contributed by atoms with Gasteiger partial charge in [-0.1, -0.05) is 23.7 Å². The SMILES string of the molecule is C[C@H](N)CCCc1cc(Cl)c(F)c(-c2cc3cn(-c4ccc(CO[C@H](CCNC(=N)N)CN(C)C)cc4)c(=O)nc3[nH]2)c1. The Kier molecular flexibility index (Phi) is 10.9. The molecule has 43 heavy (non-hydrogen) atoms. The molecular formula is C31H40ClFN8O2. The fourth-order valence-electron chi connectivity index (χ4n) is 4.91. The predicted molar refractivity (Wildman–Crippen MR) is 170 cm³/mol. The molecule has 0 amide bonds. The van der Waals surface area contributed by atoms with Crippen molar-refractivity contribution in [2.75, 3.05) is 27.2 Å². The van der Waals surface area contributed by atoms with Crippen molar-refractivity contribution in [3.63, 3.8) is 0 Å². The molecule has 4 aromatic rings. The van der Waals surface area contributed by atoms with E-state index in [4.69, 9.17) is 33.2 Å². The zero-order valence-electron chi connectivity index (χ0n) is 24.8. The number of nitrogens with two attached hydrogens (primary N) is 2. The summed E-state index contributed by atoms with van der Waals surface area (Å²) in [6, 6.07) is 12.8. The van der Waals surface area contributed by atoms with Crippen LogP contribution in [0.2, 0.25) is 5.02 Å². The van der Waals surface area contributed by atoms with Crippen LogP contribution in [0.15, 0.2) is 53.5 Å². The van der Waals surface area contributed by atoms with Gasteiger partial charge in [0.15, 0.2) is 11.8 Å². The van der Waals surface area contributed by atoms with E-state index in [0.717, 1.165) is 36.9 Å². The zero-order chi connectivity index (χ0) is 31.1. The number of rotatable bonds is 14. The molecule has 0 aliphatic rings. The van der Waals surface area contributed by atoms with Gasteiger partial charge in [0.2, 0.25) is 0 Å². The fourth-order valence-corrected chi connectivity index (χ4v) is 5.15. The number of hydrogen-bond donors (Lipinski definition) is 5. The molecule has 0 spiro atoms. The van der Waals surface area contributed by atoms with E-state index in [-0.39, 0.29) is 23.1 Å². The number of halogens is 2. The molecule has 0 unspecified atom stereocenters. The highest BCUT2D eigenvalue weighted by Crippen LogP contribution is 2.31. The molecule has 0 bridgehead atoms. The first kappa shape index (κ1) is 32.2. The van der Waals surface area contributed by atoms with Crippen LogP contribution in [0.5, 0.6) is 0 Å². The van der Waals surface area contributed by atoms with E-state index in [9.17, 15) is 4.79 Å². The van der Waals surface area contributed by atoms with Crippen LogP contribution in [-0.4, -0.2) is 64.7 Å². The molecule has 2 aromatic heterocycles. The van der Waals surface area contributed by atoms with Crippen molar-refractivity contribution in [2.24, 2.45) is 11.5 Å². The maximum atomic E-state index is 15.1. The van der Waals surface area contributed by atoms with Gasteiger partial charge in [0.1, 0.15) is 5.65 Å². The van der Waals surface area contributed by atoms with E-state index < -0.39 is 11.5 Å². The molecule has 4 rings (SSSR count). The quantitative estimate of drug-likeness (QED) is 0.106. The monoisotopic (exact) mass is 610 g/mol. The summed E-state index contributed by atoms with van der Waals surface area (Å²) in [5.41, 5.74) is 14.5. The molecular weight excluding hydrogens is 571 g/mol. The second kappa shape index (κ2) is 14.6. The van der Waals surface area contributed by atoms with Crippen LogP contribution >= 0.6 is 11.6 Å². The van der Waals surface area contributed by atoms with Gasteiger partial charge in [-0.2, -0.15) is 4.98 Å². The summed E-state index contributed by atoms with van der Waals surface area (Å²) >= 11 is 6.24. The normalized spacial score (nSPS) is 13.0. The number of ether oxygens (including phenoxy) is 1. The standard InChI is InChI=1S/C31H40ClFN8O2/c1-19(34)5-4-6-21-13-25(28(33)26(32)14-21)27-15-22-16-41(31(42)39-29(22)38-27)23-9-7-20(8-10-23)18-43-24(17-40(2)3)11-12-37-30(35)36/h7-10,13-16,19,24H,4-6,11-12,17-18,34H2,1-3H3,(H4,35,36,37)(H,38,39,42)/t19-,24+/m0/s1. The van der Waals surface area contributed by atoms with Crippen LogP contribution in [0.1, 0.15) is 37.3 Å². The van der Waals surface area contributed by atoms with Gasteiger partial charge in [0.25, 0.3) is 0 Å². The number of likely N-dealkylation sites (N-methyl/N-ethyl adjacent to an activating group) is 1. The molecule has 0 fully saturated rings. The summed E-state index contributed by atoms with van der Waals surface area (Å²) in [6.45, 7) is 3.63. The molecule has 0 aliphatic carbocycles. The molecule has 10 nitrogen and oxygen atoms in total. The van der Waals surface area contributed by atoms with Crippen LogP contribution in [0, 0.1) is 11.2 Å². The number of guanidine groups is 1. The zero-order valence-corrected chi connectivity index (χ0v) is 25.5. The molecule has 0 saturated heterocycles. The molecule has 12 heteroatoms. The number of benzene rings is 2. The van der Waals surface area contributed by atoms with E-state index in [0.29, 0.717) is 47.6 Å². The molecule has 0 saturated carbocycles. The molecule has 7 N–H and O–H groups in total. The summed E-state index contributed by atoms with van der Waals surface area (Å²) in [7, 11) is 3.96. The van der Waals surface area contributed by atoms with E-state index in [2.05, 4.69) is 15.3 Å². The smallest absolute Gasteiger partial charge is 0.354 e. The topological polar surface area (TPSA) is 151 Å². The van der Waals surface area contributed by atoms with Crippen LogP contribution in [0.25, 0.3) is 28.0 Å². The molecule has 230 valence electrons. The molecule has 0 aliphatic heterocycles. The Morgan fingerprint density at radius 2 is 1.95 bits per heavy atom. The van der Waals surface area contributed by atoms with Gasteiger partial charge in [-0.15, -0.1) is 0 Å². The van der Waals surface area contributed by atoms with Gasteiger partial charge in [-0.25, -0.2) is 9.18 Å².